The van der Waals surface area contributed by atoms with Gasteiger partial charge in [-0.1, -0.05) is 30.3 Å². The minimum atomic E-state index is -1.60. The van der Waals surface area contributed by atoms with Crippen molar-refractivity contribution in [1.29, 1.82) is 0 Å². The summed E-state index contributed by atoms with van der Waals surface area (Å²) in [5, 5.41) is 4.56. The van der Waals surface area contributed by atoms with Crippen LogP contribution in [-0.2, 0) is 19.1 Å². The Morgan fingerprint density at radius 2 is 1.69 bits per heavy atom. The lowest BCUT2D eigenvalue weighted by Gasteiger charge is -2.54. The van der Waals surface area contributed by atoms with Crippen molar-refractivity contribution in [1.82, 2.24) is 19.5 Å². The van der Waals surface area contributed by atoms with Crippen LogP contribution < -0.4 is 4.74 Å². The first kappa shape index (κ1) is 19.0. The number of carbonyl (C=O) groups excluding carboxylic acids is 2. The van der Waals surface area contributed by atoms with Gasteiger partial charge in [0.25, 0.3) is 0 Å². The first-order valence-electron chi connectivity index (χ1n) is 10.6. The van der Waals surface area contributed by atoms with E-state index in [9.17, 15) is 9.59 Å². The number of hydrogen-bond acceptors (Lipinski definition) is 8. The maximum absolute atomic E-state index is 12.2. The summed E-state index contributed by atoms with van der Waals surface area (Å²) in [5.41, 5.74) is 2.46. The molecule has 0 amide bonds. The highest BCUT2D eigenvalue weighted by molar-refractivity contribution is 5.93. The Balaban J connectivity index is 1.35. The largest absolute Gasteiger partial charge is 0.463 e. The van der Waals surface area contributed by atoms with Crippen LogP contribution in [0.2, 0.25) is 0 Å². The SMILES string of the molecule is O=C1C=CC(=O)OC2(O1)C(Oc1ccc3nc(-c4ccccc4)cn3n1)C1CCN2CC1. The number of ether oxygens (including phenoxy) is 3. The second kappa shape index (κ2) is 7.16. The molecule has 4 aliphatic rings. The van der Waals surface area contributed by atoms with E-state index < -0.39 is 24.0 Å². The summed E-state index contributed by atoms with van der Waals surface area (Å²) in [5.74, 6) is -2.49. The van der Waals surface area contributed by atoms with Crippen LogP contribution in [0, 0.1) is 5.92 Å². The van der Waals surface area contributed by atoms with Crippen molar-refractivity contribution < 1.29 is 23.8 Å². The number of fused-ring (bicyclic) bond motifs is 3. The smallest absolute Gasteiger partial charge is 0.359 e. The maximum Gasteiger partial charge on any atom is 0.359 e. The quantitative estimate of drug-likeness (QED) is 0.582. The second-order valence-corrected chi connectivity index (χ2v) is 8.14. The van der Waals surface area contributed by atoms with E-state index in [4.69, 9.17) is 14.2 Å². The van der Waals surface area contributed by atoms with Gasteiger partial charge in [-0.3, -0.25) is 0 Å². The van der Waals surface area contributed by atoms with Gasteiger partial charge in [-0.25, -0.2) is 24.0 Å². The number of esters is 2. The number of benzene rings is 1. The Bertz CT molecular complexity index is 1210. The molecule has 32 heavy (non-hydrogen) atoms. The Labute approximate surface area is 183 Å². The van der Waals surface area contributed by atoms with Gasteiger partial charge >= 0.3 is 17.8 Å². The van der Waals surface area contributed by atoms with Crippen LogP contribution in [0.25, 0.3) is 16.9 Å². The fraction of sp³-hybridized carbons (Fsp3) is 0.304. The van der Waals surface area contributed by atoms with Gasteiger partial charge in [-0.05, 0) is 18.9 Å². The van der Waals surface area contributed by atoms with Crippen molar-refractivity contribution in [3.63, 3.8) is 0 Å². The number of rotatable bonds is 3. The molecule has 0 saturated carbocycles. The Hall–Kier alpha value is -3.72. The lowest BCUT2D eigenvalue weighted by Crippen LogP contribution is -2.71. The van der Waals surface area contributed by atoms with E-state index in [0.717, 1.165) is 36.3 Å². The molecule has 0 radical (unpaired) electrons. The average Bonchev–Trinajstić information content (AvgIpc) is 3.18. The van der Waals surface area contributed by atoms with Gasteiger partial charge in [0.15, 0.2) is 11.8 Å². The fourth-order valence-corrected chi connectivity index (χ4v) is 4.73. The summed E-state index contributed by atoms with van der Waals surface area (Å²) in [7, 11) is 0. The van der Waals surface area contributed by atoms with Crippen molar-refractivity contribution in [2.24, 2.45) is 5.92 Å². The lowest BCUT2D eigenvalue weighted by molar-refractivity contribution is -0.349. The van der Waals surface area contributed by atoms with E-state index in [1.165, 1.54) is 0 Å². The van der Waals surface area contributed by atoms with Gasteiger partial charge < -0.3 is 14.2 Å². The molecule has 1 unspecified atom stereocenters. The minimum absolute atomic E-state index is 0.0545. The minimum Gasteiger partial charge on any atom is -0.463 e. The third kappa shape index (κ3) is 3.04. The molecule has 1 atom stereocenters. The van der Waals surface area contributed by atoms with E-state index in [1.54, 1.807) is 10.6 Å². The van der Waals surface area contributed by atoms with Crippen LogP contribution in [0.1, 0.15) is 12.8 Å². The summed E-state index contributed by atoms with van der Waals surface area (Å²) < 4.78 is 19.3. The van der Waals surface area contributed by atoms with Crippen LogP contribution in [0.3, 0.4) is 0 Å². The summed E-state index contributed by atoms with van der Waals surface area (Å²) in [4.78, 5) is 31.0. The number of carbonyl (C=O) groups is 2. The van der Waals surface area contributed by atoms with Crippen molar-refractivity contribution >= 4 is 17.6 Å². The monoisotopic (exact) mass is 432 g/mol. The molecule has 1 spiro atoms. The normalized spacial score (nSPS) is 26.1. The highest BCUT2D eigenvalue weighted by Gasteiger charge is 2.62. The zero-order valence-corrected chi connectivity index (χ0v) is 17.1. The van der Waals surface area contributed by atoms with Gasteiger partial charge in [-0.2, -0.15) is 0 Å². The third-order valence-corrected chi connectivity index (χ3v) is 6.23. The molecule has 9 heteroatoms. The Kier molecular flexibility index (Phi) is 4.25. The molecule has 3 fully saturated rings. The lowest BCUT2D eigenvalue weighted by atomic mass is 9.82. The molecule has 162 valence electrons. The van der Waals surface area contributed by atoms with Gasteiger partial charge in [0, 0.05) is 42.8 Å². The van der Waals surface area contributed by atoms with Crippen LogP contribution in [-0.4, -0.2) is 56.5 Å². The molecule has 2 bridgehead atoms. The molecule has 4 aliphatic heterocycles. The first-order chi connectivity index (χ1) is 15.6. The number of aromatic nitrogens is 3. The third-order valence-electron chi connectivity index (χ3n) is 6.23. The van der Waals surface area contributed by atoms with E-state index >= 15 is 0 Å². The van der Waals surface area contributed by atoms with Crippen LogP contribution in [0.5, 0.6) is 5.88 Å². The fourth-order valence-electron chi connectivity index (χ4n) is 4.73. The van der Waals surface area contributed by atoms with Crippen molar-refractivity contribution in [3.8, 4) is 17.1 Å². The number of nitrogens with zero attached hydrogens (tertiary/aromatic N) is 4. The summed E-state index contributed by atoms with van der Waals surface area (Å²) in [6.45, 7) is 1.30. The molecule has 6 heterocycles. The molecule has 2 aromatic heterocycles. The number of hydrogen-bond donors (Lipinski definition) is 0. The van der Waals surface area contributed by atoms with Crippen molar-refractivity contribution in [2.75, 3.05) is 13.1 Å². The molecule has 0 aliphatic carbocycles. The molecule has 3 aromatic rings. The second-order valence-electron chi connectivity index (χ2n) is 8.14. The maximum atomic E-state index is 12.2. The topological polar surface area (TPSA) is 95.3 Å². The predicted octanol–water partition coefficient (Wildman–Crippen LogP) is 2.18. The Morgan fingerprint density at radius 1 is 0.969 bits per heavy atom. The standard InChI is InChI=1S/C23H20N4O5/c28-20-8-9-21(29)32-23(31-20)22(16-10-12-26(23)13-11-16)30-19-7-6-18-24-17(14-27(18)25-19)15-4-2-1-3-5-15/h1-9,14,16,22H,10-13H2. The summed E-state index contributed by atoms with van der Waals surface area (Å²) in [6, 6.07) is 13.4. The van der Waals surface area contributed by atoms with Crippen LogP contribution >= 0.6 is 0 Å². The van der Waals surface area contributed by atoms with Crippen molar-refractivity contribution in [2.45, 2.75) is 24.9 Å². The van der Waals surface area contributed by atoms with E-state index in [0.29, 0.717) is 24.6 Å². The van der Waals surface area contributed by atoms with E-state index in [-0.39, 0.29) is 5.92 Å². The predicted molar refractivity (Wildman–Crippen MR) is 111 cm³/mol. The zero-order chi connectivity index (χ0) is 21.7. The van der Waals surface area contributed by atoms with Gasteiger partial charge in [0.05, 0.1) is 11.9 Å². The first-order valence-corrected chi connectivity index (χ1v) is 10.6. The highest BCUT2D eigenvalue weighted by atomic mass is 16.8. The molecular weight excluding hydrogens is 412 g/mol. The molecule has 7 rings (SSSR count). The summed E-state index contributed by atoms with van der Waals surface area (Å²) >= 11 is 0. The Morgan fingerprint density at radius 3 is 2.41 bits per heavy atom. The van der Waals surface area contributed by atoms with Crippen molar-refractivity contribution in [3.05, 3.63) is 60.8 Å². The summed E-state index contributed by atoms with van der Waals surface area (Å²) in [6.07, 6.45) is 5.00. The van der Waals surface area contributed by atoms with Gasteiger partial charge in [-0.15, -0.1) is 5.10 Å². The molecular formula is C23H20N4O5. The van der Waals surface area contributed by atoms with E-state index in [1.807, 2.05) is 47.5 Å². The highest BCUT2D eigenvalue weighted by Crippen LogP contribution is 2.43. The van der Waals surface area contributed by atoms with Crippen LogP contribution in [0.15, 0.2) is 60.8 Å². The van der Waals surface area contributed by atoms with Gasteiger partial charge in [0.1, 0.15) is 0 Å². The molecule has 9 nitrogen and oxygen atoms in total. The zero-order valence-electron chi connectivity index (χ0n) is 17.1. The van der Waals surface area contributed by atoms with Gasteiger partial charge in [0.2, 0.25) is 5.88 Å². The number of imidazole rings is 1. The molecule has 3 saturated heterocycles. The molecule has 0 N–H and O–H groups in total. The van der Waals surface area contributed by atoms with E-state index in [2.05, 4.69) is 10.1 Å². The molecule has 1 aromatic carbocycles. The van der Waals surface area contributed by atoms with Crippen LogP contribution in [0.4, 0.5) is 0 Å². The number of piperidine rings is 3. The average molecular weight is 432 g/mol.